The van der Waals surface area contributed by atoms with E-state index in [0.717, 1.165) is 36.8 Å². The molecule has 0 aromatic heterocycles. The SMILES string of the molecule is O=C(NC1CCCCC1)C(Cc1ccccc1)N(Cc1c(Cl)cccc1Cl)C(=O)CCc1ccccc1. The summed E-state index contributed by atoms with van der Waals surface area (Å²) < 4.78 is 0. The molecule has 1 unspecified atom stereocenters. The molecule has 3 aromatic rings. The molecule has 4 rings (SSSR count). The van der Waals surface area contributed by atoms with Gasteiger partial charge in [0.2, 0.25) is 11.8 Å². The first-order valence-corrected chi connectivity index (χ1v) is 13.9. The van der Waals surface area contributed by atoms with Crippen molar-refractivity contribution in [3.63, 3.8) is 0 Å². The molecule has 1 atom stereocenters. The lowest BCUT2D eigenvalue weighted by Crippen LogP contribution is -2.53. The molecule has 4 nitrogen and oxygen atoms in total. The van der Waals surface area contributed by atoms with E-state index in [-0.39, 0.29) is 30.8 Å². The normalized spacial score (nSPS) is 14.6. The molecule has 1 aliphatic carbocycles. The van der Waals surface area contributed by atoms with E-state index in [9.17, 15) is 9.59 Å². The predicted octanol–water partition coefficient (Wildman–Crippen LogP) is 7.02. The highest BCUT2D eigenvalue weighted by molar-refractivity contribution is 6.36. The minimum absolute atomic E-state index is 0.0976. The Morgan fingerprint density at radius 2 is 1.41 bits per heavy atom. The minimum atomic E-state index is -0.681. The molecule has 1 N–H and O–H groups in total. The Morgan fingerprint density at radius 3 is 2.03 bits per heavy atom. The van der Waals surface area contributed by atoms with E-state index in [1.807, 2.05) is 60.7 Å². The number of benzene rings is 3. The van der Waals surface area contributed by atoms with Gasteiger partial charge in [0.05, 0.1) is 0 Å². The third kappa shape index (κ3) is 7.83. The maximum Gasteiger partial charge on any atom is 0.243 e. The van der Waals surface area contributed by atoms with Crippen LogP contribution in [0.1, 0.15) is 55.2 Å². The van der Waals surface area contributed by atoms with Crippen molar-refractivity contribution in [3.05, 3.63) is 106 Å². The number of amides is 2. The van der Waals surface area contributed by atoms with Gasteiger partial charge in [0.1, 0.15) is 6.04 Å². The maximum absolute atomic E-state index is 13.8. The van der Waals surface area contributed by atoms with Crippen LogP contribution in [0.5, 0.6) is 0 Å². The number of nitrogens with one attached hydrogen (secondary N) is 1. The molecule has 0 radical (unpaired) electrons. The topological polar surface area (TPSA) is 49.4 Å². The maximum atomic E-state index is 13.8. The second kappa shape index (κ2) is 13.6. The zero-order valence-corrected chi connectivity index (χ0v) is 22.6. The van der Waals surface area contributed by atoms with Crippen molar-refractivity contribution in [2.45, 2.75) is 70.0 Å². The van der Waals surface area contributed by atoms with Gasteiger partial charge in [0.25, 0.3) is 0 Å². The lowest BCUT2D eigenvalue weighted by Gasteiger charge is -2.34. The van der Waals surface area contributed by atoms with Crippen LogP contribution in [0.3, 0.4) is 0 Å². The molecule has 37 heavy (non-hydrogen) atoms. The van der Waals surface area contributed by atoms with Crippen LogP contribution in [-0.2, 0) is 29.0 Å². The van der Waals surface area contributed by atoms with Crippen LogP contribution in [-0.4, -0.2) is 28.8 Å². The number of carbonyl (C=O) groups is 2. The molecule has 0 saturated heterocycles. The molecule has 3 aromatic carbocycles. The summed E-state index contributed by atoms with van der Waals surface area (Å²) in [6.07, 6.45) is 6.67. The first-order valence-electron chi connectivity index (χ1n) is 13.1. The van der Waals surface area contributed by atoms with E-state index in [0.29, 0.717) is 28.5 Å². The Kier molecular flexibility index (Phi) is 10.0. The number of aryl methyl sites for hydroxylation is 1. The summed E-state index contributed by atoms with van der Waals surface area (Å²) in [4.78, 5) is 29.3. The molecule has 2 amide bonds. The van der Waals surface area contributed by atoms with Crippen molar-refractivity contribution in [2.75, 3.05) is 0 Å². The van der Waals surface area contributed by atoms with Gasteiger partial charge in [-0.05, 0) is 42.5 Å². The number of nitrogens with zero attached hydrogens (tertiary/aromatic N) is 1. The molecular formula is C31H34Cl2N2O2. The Labute approximate surface area is 230 Å². The average molecular weight is 538 g/mol. The average Bonchev–Trinajstić information content (AvgIpc) is 2.92. The summed E-state index contributed by atoms with van der Waals surface area (Å²) in [6.45, 7) is 0.168. The van der Waals surface area contributed by atoms with Gasteiger partial charge in [-0.15, -0.1) is 0 Å². The predicted molar refractivity (Wildman–Crippen MR) is 151 cm³/mol. The molecular weight excluding hydrogens is 503 g/mol. The largest absolute Gasteiger partial charge is 0.352 e. The van der Waals surface area contributed by atoms with Crippen LogP contribution in [0.25, 0.3) is 0 Å². The van der Waals surface area contributed by atoms with Crippen LogP contribution in [0.4, 0.5) is 0 Å². The van der Waals surface area contributed by atoms with E-state index in [2.05, 4.69) is 5.32 Å². The van der Waals surface area contributed by atoms with Gasteiger partial charge >= 0.3 is 0 Å². The van der Waals surface area contributed by atoms with E-state index >= 15 is 0 Å². The van der Waals surface area contributed by atoms with Gasteiger partial charge in [-0.2, -0.15) is 0 Å². The van der Waals surface area contributed by atoms with E-state index in [4.69, 9.17) is 23.2 Å². The zero-order chi connectivity index (χ0) is 26.0. The molecule has 1 aliphatic rings. The van der Waals surface area contributed by atoms with E-state index in [1.165, 1.54) is 6.42 Å². The highest BCUT2D eigenvalue weighted by atomic mass is 35.5. The minimum Gasteiger partial charge on any atom is -0.352 e. The third-order valence-electron chi connectivity index (χ3n) is 7.08. The van der Waals surface area contributed by atoms with Crippen LogP contribution in [0.15, 0.2) is 78.9 Å². The van der Waals surface area contributed by atoms with Crippen LogP contribution in [0.2, 0.25) is 10.0 Å². The first-order chi connectivity index (χ1) is 18.0. The van der Waals surface area contributed by atoms with Gasteiger partial charge in [0.15, 0.2) is 0 Å². The fourth-order valence-corrected chi connectivity index (χ4v) is 5.51. The molecule has 0 aliphatic heterocycles. The molecule has 1 saturated carbocycles. The van der Waals surface area contributed by atoms with Crippen LogP contribution < -0.4 is 5.32 Å². The van der Waals surface area contributed by atoms with Crippen molar-refractivity contribution >= 4 is 35.0 Å². The molecule has 0 bridgehead atoms. The highest BCUT2D eigenvalue weighted by Gasteiger charge is 2.32. The van der Waals surface area contributed by atoms with Crippen LogP contribution >= 0.6 is 23.2 Å². The van der Waals surface area contributed by atoms with Gasteiger partial charge in [-0.3, -0.25) is 9.59 Å². The van der Waals surface area contributed by atoms with Gasteiger partial charge in [0, 0.05) is 41.0 Å². The summed E-state index contributed by atoms with van der Waals surface area (Å²) in [5, 5.41) is 4.24. The first kappa shape index (κ1) is 27.2. The summed E-state index contributed by atoms with van der Waals surface area (Å²) in [5.41, 5.74) is 2.73. The summed E-state index contributed by atoms with van der Waals surface area (Å²) in [7, 11) is 0. The molecule has 1 fully saturated rings. The van der Waals surface area contributed by atoms with Gasteiger partial charge in [-0.25, -0.2) is 0 Å². The smallest absolute Gasteiger partial charge is 0.243 e. The lowest BCUT2D eigenvalue weighted by molar-refractivity contribution is -0.141. The zero-order valence-electron chi connectivity index (χ0n) is 21.0. The van der Waals surface area contributed by atoms with Crippen molar-refractivity contribution in [1.29, 1.82) is 0 Å². The number of rotatable bonds is 10. The van der Waals surface area contributed by atoms with Crippen LogP contribution in [0, 0.1) is 0 Å². The van der Waals surface area contributed by atoms with Crippen molar-refractivity contribution in [2.24, 2.45) is 0 Å². The summed E-state index contributed by atoms with van der Waals surface area (Å²) >= 11 is 13.1. The lowest BCUT2D eigenvalue weighted by atomic mass is 9.94. The fraction of sp³-hybridized carbons (Fsp3) is 0.355. The number of halogens is 2. The number of hydrogen-bond acceptors (Lipinski definition) is 2. The number of hydrogen-bond donors (Lipinski definition) is 1. The van der Waals surface area contributed by atoms with Crippen molar-refractivity contribution in [3.8, 4) is 0 Å². The molecule has 0 heterocycles. The van der Waals surface area contributed by atoms with Gasteiger partial charge < -0.3 is 10.2 Å². The fourth-order valence-electron chi connectivity index (χ4n) is 4.99. The Morgan fingerprint density at radius 1 is 0.811 bits per heavy atom. The second-order valence-corrected chi connectivity index (χ2v) is 10.6. The Hall–Kier alpha value is -2.82. The van der Waals surface area contributed by atoms with E-state index < -0.39 is 6.04 Å². The van der Waals surface area contributed by atoms with Crippen molar-refractivity contribution < 1.29 is 9.59 Å². The standard InChI is InChI=1S/C31H34Cl2N2O2/c32-27-17-10-18-28(33)26(27)22-35(30(36)20-19-23-11-4-1-5-12-23)29(21-24-13-6-2-7-14-24)31(37)34-25-15-8-3-9-16-25/h1-2,4-7,10-14,17-18,25,29H,3,8-9,15-16,19-22H2,(H,34,37). The molecule has 0 spiro atoms. The summed E-state index contributed by atoms with van der Waals surface area (Å²) in [6, 6.07) is 24.6. The Balaban J connectivity index is 1.64. The second-order valence-electron chi connectivity index (χ2n) is 9.76. The van der Waals surface area contributed by atoms with Gasteiger partial charge in [-0.1, -0.05) is 109 Å². The molecule has 194 valence electrons. The third-order valence-corrected chi connectivity index (χ3v) is 7.79. The summed E-state index contributed by atoms with van der Waals surface area (Å²) in [5.74, 6) is -0.216. The quantitative estimate of drug-likeness (QED) is 0.302. The monoisotopic (exact) mass is 536 g/mol. The molecule has 6 heteroatoms. The highest BCUT2D eigenvalue weighted by Crippen LogP contribution is 2.28. The number of carbonyl (C=O) groups excluding carboxylic acids is 2. The van der Waals surface area contributed by atoms with E-state index in [1.54, 1.807) is 23.1 Å². The van der Waals surface area contributed by atoms with Crippen molar-refractivity contribution in [1.82, 2.24) is 10.2 Å². The Bertz CT molecular complexity index is 1140.